The molecule has 0 bridgehead atoms. The van der Waals surface area contributed by atoms with E-state index in [4.69, 9.17) is 11.5 Å². The maximum absolute atomic E-state index is 13.7. The zero-order valence-corrected chi connectivity index (χ0v) is 10.8. The van der Waals surface area contributed by atoms with Gasteiger partial charge in [-0.25, -0.2) is 13.2 Å². The van der Waals surface area contributed by atoms with E-state index in [0.717, 1.165) is 30.3 Å². The Bertz CT molecular complexity index is 692. The Hall–Kier alpha value is -2.15. The number of amides is 1. The molecule has 1 amide bonds. The van der Waals surface area contributed by atoms with Gasteiger partial charge in [-0.1, -0.05) is 11.8 Å². The maximum Gasteiger partial charge on any atom is 0.250 e. The second-order valence-electron chi connectivity index (χ2n) is 3.91. The zero-order valence-electron chi connectivity index (χ0n) is 9.99. The number of halogens is 3. The number of carbonyl (C=O) groups excluding carboxylic acids is 1. The highest BCUT2D eigenvalue weighted by molar-refractivity contribution is 7.99. The molecule has 0 spiro atoms. The van der Waals surface area contributed by atoms with Gasteiger partial charge in [-0.3, -0.25) is 4.79 Å². The minimum Gasteiger partial charge on any atom is -0.398 e. The quantitative estimate of drug-likeness (QED) is 0.856. The number of hydrogen-bond acceptors (Lipinski definition) is 3. The minimum absolute atomic E-state index is 0.0718. The highest BCUT2D eigenvalue weighted by Crippen LogP contribution is 2.34. The fourth-order valence-electron chi connectivity index (χ4n) is 1.53. The van der Waals surface area contributed by atoms with E-state index in [2.05, 4.69) is 0 Å². The summed E-state index contributed by atoms with van der Waals surface area (Å²) in [6, 6.07) is 4.84. The van der Waals surface area contributed by atoms with Gasteiger partial charge in [0.1, 0.15) is 17.5 Å². The van der Waals surface area contributed by atoms with Crippen LogP contribution in [0.1, 0.15) is 10.4 Å². The molecule has 2 rings (SSSR count). The number of anilines is 1. The molecule has 3 nitrogen and oxygen atoms in total. The molecule has 0 aromatic heterocycles. The molecule has 0 saturated heterocycles. The normalized spacial score (nSPS) is 10.6. The average molecular weight is 298 g/mol. The summed E-state index contributed by atoms with van der Waals surface area (Å²) in [5, 5.41) is 0. The van der Waals surface area contributed by atoms with Crippen molar-refractivity contribution in [3.63, 3.8) is 0 Å². The van der Waals surface area contributed by atoms with Gasteiger partial charge in [-0.15, -0.1) is 0 Å². The number of carbonyl (C=O) groups is 1. The Labute approximate surface area is 116 Å². The summed E-state index contributed by atoms with van der Waals surface area (Å²) in [6.07, 6.45) is 0. The summed E-state index contributed by atoms with van der Waals surface area (Å²) in [4.78, 5) is 11.0. The first-order chi connectivity index (χ1) is 9.38. The van der Waals surface area contributed by atoms with Crippen LogP contribution in [0.15, 0.2) is 40.1 Å². The smallest absolute Gasteiger partial charge is 0.250 e. The van der Waals surface area contributed by atoms with Crippen LogP contribution in [0.3, 0.4) is 0 Å². The van der Waals surface area contributed by atoms with Crippen LogP contribution < -0.4 is 11.5 Å². The molecule has 104 valence electrons. The molecule has 7 heteroatoms. The largest absolute Gasteiger partial charge is 0.398 e. The van der Waals surface area contributed by atoms with E-state index in [1.165, 1.54) is 0 Å². The van der Waals surface area contributed by atoms with Gasteiger partial charge in [0.25, 0.3) is 5.91 Å². The lowest BCUT2D eigenvalue weighted by Crippen LogP contribution is -2.14. The van der Waals surface area contributed by atoms with E-state index in [-0.39, 0.29) is 21.0 Å². The molecule has 0 aliphatic rings. The van der Waals surface area contributed by atoms with Crippen LogP contribution in [0, 0.1) is 17.5 Å². The lowest BCUT2D eigenvalue weighted by molar-refractivity contribution is 0.100. The summed E-state index contributed by atoms with van der Waals surface area (Å²) in [5.74, 6) is -2.93. The van der Waals surface area contributed by atoms with E-state index in [1.807, 2.05) is 0 Å². The first kappa shape index (κ1) is 14.3. The second-order valence-corrected chi connectivity index (χ2v) is 4.99. The van der Waals surface area contributed by atoms with Crippen molar-refractivity contribution in [2.24, 2.45) is 5.73 Å². The van der Waals surface area contributed by atoms with Crippen molar-refractivity contribution in [3.8, 4) is 0 Å². The van der Waals surface area contributed by atoms with Gasteiger partial charge in [-0.05, 0) is 30.3 Å². The van der Waals surface area contributed by atoms with Crippen LogP contribution in [-0.4, -0.2) is 5.91 Å². The number of nitrogens with two attached hydrogens (primary N) is 2. The van der Waals surface area contributed by atoms with E-state index >= 15 is 0 Å². The van der Waals surface area contributed by atoms with Crippen molar-refractivity contribution in [2.75, 3.05) is 5.73 Å². The predicted octanol–water partition coefficient (Wildman–Crippen LogP) is 2.94. The van der Waals surface area contributed by atoms with Gasteiger partial charge >= 0.3 is 0 Å². The molecular weight excluding hydrogens is 289 g/mol. The third-order valence-electron chi connectivity index (χ3n) is 2.48. The standard InChI is InChI=1S/C13H9F3N2OS/c14-6-1-2-8(15)11(3-6)20-12-4-7(13(18)19)10(17)5-9(12)16/h1-5H,17H2,(H2,18,19). The monoisotopic (exact) mass is 298 g/mol. The number of rotatable bonds is 3. The Morgan fingerprint density at radius 3 is 2.30 bits per heavy atom. The van der Waals surface area contributed by atoms with Crippen molar-refractivity contribution < 1.29 is 18.0 Å². The zero-order chi connectivity index (χ0) is 14.9. The first-order valence-electron chi connectivity index (χ1n) is 5.40. The Kier molecular flexibility index (Phi) is 3.89. The molecule has 0 aliphatic heterocycles. The number of primary amides is 1. The molecule has 0 fully saturated rings. The van der Waals surface area contributed by atoms with Crippen molar-refractivity contribution >= 4 is 23.4 Å². The van der Waals surface area contributed by atoms with Gasteiger partial charge < -0.3 is 11.5 Å². The van der Waals surface area contributed by atoms with E-state index in [9.17, 15) is 18.0 Å². The van der Waals surface area contributed by atoms with Crippen LogP contribution in [0.5, 0.6) is 0 Å². The first-order valence-corrected chi connectivity index (χ1v) is 6.22. The molecular formula is C13H9F3N2OS. The number of hydrogen-bond donors (Lipinski definition) is 2. The van der Waals surface area contributed by atoms with Crippen molar-refractivity contribution in [1.29, 1.82) is 0 Å². The highest BCUT2D eigenvalue weighted by Gasteiger charge is 2.15. The lowest BCUT2D eigenvalue weighted by atomic mass is 10.1. The van der Waals surface area contributed by atoms with Crippen molar-refractivity contribution in [3.05, 3.63) is 53.3 Å². The van der Waals surface area contributed by atoms with Gasteiger partial charge in [-0.2, -0.15) is 0 Å². The molecule has 0 radical (unpaired) electrons. The molecule has 0 unspecified atom stereocenters. The Morgan fingerprint density at radius 2 is 1.65 bits per heavy atom. The molecule has 2 aromatic rings. The molecule has 0 saturated carbocycles. The SMILES string of the molecule is NC(=O)c1cc(Sc2cc(F)ccc2F)c(F)cc1N. The summed E-state index contributed by atoms with van der Waals surface area (Å²) in [5.41, 5.74) is 10.4. The summed E-state index contributed by atoms with van der Waals surface area (Å²) in [7, 11) is 0. The van der Waals surface area contributed by atoms with E-state index < -0.39 is 23.4 Å². The van der Waals surface area contributed by atoms with E-state index in [0.29, 0.717) is 11.8 Å². The number of benzene rings is 2. The summed E-state index contributed by atoms with van der Waals surface area (Å²) < 4.78 is 40.3. The second kappa shape index (κ2) is 5.46. The molecule has 0 atom stereocenters. The third kappa shape index (κ3) is 2.88. The van der Waals surface area contributed by atoms with Crippen LogP contribution in [0.4, 0.5) is 18.9 Å². The van der Waals surface area contributed by atoms with Gasteiger partial charge in [0.15, 0.2) is 0 Å². The predicted molar refractivity (Wildman–Crippen MR) is 69.8 cm³/mol. The van der Waals surface area contributed by atoms with Crippen molar-refractivity contribution in [2.45, 2.75) is 9.79 Å². The van der Waals surface area contributed by atoms with Crippen molar-refractivity contribution in [1.82, 2.24) is 0 Å². The maximum atomic E-state index is 13.7. The van der Waals surface area contributed by atoms with Crippen LogP contribution >= 0.6 is 11.8 Å². The van der Waals surface area contributed by atoms with Crippen LogP contribution in [-0.2, 0) is 0 Å². The number of nitrogen functional groups attached to an aromatic ring is 1. The van der Waals surface area contributed by atoms with Gasteiger partial charge in [0, 0.05) is 10.6 Å². The molecule has 4 N–H and O–H groups in total. The molecule has 0 heterocycles. The third-order valence-corrected chi connectivity index (χ3v) is 3.55. The lowest BCUT2D eigenvalue weighted by Gasteiger charge is -2.08. The topological polar surface area (TPSA) is 69.1 Å². The molecule has 0 aliphatic carbocycles. The Morgan fingerprint density at radius 1 is 1.00 bits per heavy atom. The fraction of sp³-hybridized carbons (Fsp3) is 0. The minimum atomic E-state index is -0.830. The Balaban J connectivity index is 2.45. The van der Waals surface area contributed by atoms with Gasteiger partial charge in [0.05, 0.1) is 10.5 Å². The van der Waals surface area contributed by atoms with Crippen LogP contribution in [0.2, 0.25) is 0 Å². The van der Waals surface area contributed by atoms with Crippen LogP contribution in [0.25, 0.3) is 0 Å². The van der Waals surface area contributed by atoms with E-state index in [1.54, 1.807) is 0 Å². The molecule has 20 heavy (non-hydrogen) atoms. The summed E-state index contributed by atoms with van der Waals surface area (Å²) in [6.45, 7) is 0. The fourth-order valence-corrected chi connectivity index (χ4v) is 2.44. The summed E-state index contributed by atoms with van der Waals surface area (Å²) >= 11 is 0.642. The van der Waals surface area contributed by atoms with Gasteiger partial charge in [0.2, 0.25) is 0 Å². The highest BCUT2D eigenvalue weighted by atomic mass is 32.2. The molecule has 2 aromatic carbocycles. The average Bonchev–Trinajstić information content (AvgIpc) is 2.36.